The molecule has 6 heteroatoms. The largest absolute Gasteiger partial charge is 0.463 e. The maximum atomic E-state index is 11.8. The Morgan fingerprint density at radius 2 is 2.18 bits per heavy atom. The van der Waals surface area contributed by atoms with Crippen LogP contribution in [-0.2, 0) is 16.6 Å². The summed E-state index contributed by atoms with van der Waals surface area (Å²) in [4.78, 5) is 27.2. The Morgan fingerprint density at radius 3 is 2.82 bits per heavy atom. The summed E-state index contributed by atoms with van der Waals surface area (Å²) >= 11 is 3.28. The van der Waals surface area contributed by atoms with Gasteiger partial charge in [-0.3, -0.25) is 4.79 Å². The van der Waals surface area contributed by atoms with E-state index in [1.165, 1.54) is 7.11 Å². The topological polar surface area (TPSA) is 61.2 Å². The van der Waals surface area contributed by atoms with Gasteiger partial charge < -0.3 is 9.30 Å². The van der Waals surface area contributed by atoms with Gasteiger partial charge in [0.2, 0.25) is 0 Å². The standard InChI is InChI=1S/C11H9BrN2O3/c1-14-5-8(9(15)11(16)17-2)7-3-6(12)4-13-10(7)14/h3-5H,1-2H3. The van der Waals surface area contributed by atoms with Crippen LogP contribution in [0.1, 0.15) is 10.4 Å². The SMILES string of the molecule is COC(=O)C(=O)c1cn(C)c2ncc(Br)cc12. The molecule has 0 aliphatic carbocycles. The molecule has 0 saturated heterocycles. The normalized spacial score (nSPS) is 10.5. The molecule has 0 N–H and O–H groups in total. The number of carbonyl (C=O) groups excluding carboxylic acids is 2. The number of aryl methyl sites for hydroxylation is 1. The maximum Gasteiger partial charge on any atom is 0.379 e. The third kappa shape index (κ3) is 1.95. The van der Waals surface area contributed by atoms with Gasteiger partial charge >= 0.3 is 5.97 Å². The molecule has 0 aliphatic heterocycles. The summed E-state index contributed by atoms with van der Waals surface area (Å²) < 4.78 is 6.86. The number of ether oxygens (including phenoxy) is 1. The highest BCUT2D eigenvalue weighted by molar-refractivity contribution is 9.10. The van der Waals surface area contributed by atoms with E-state index in [1.807, 2.05) is 0 Å². The summed E-state index contributed by atoms with van der Waals surface area (Å²) in [6.07, 6.45) is 3.21. The van der Waals surface area contributed by atoms with E-state index in [2.05, 4.69) is 25.7 Å². The minimum Gasteiger partial charge on any atom is -0.463 e. The smallest absolute Gasteiger partial charge is 0.379 e. The molecule has 0 bridgehead atoms. The van der Waals surface area contributed by atoms with Crippen LogP contribution >= 0.6 is 15.9 Å². The number of halogens is 1. The molecule has 0 fully saturated rings. The molecule has 0 spiro atoms. The van der Waals surface area contributed by atoms with Crippen LogP contribution in [0.4, 0.5) is 0 Å². The molecule has 2 heterocycles. The zero-order chi connectivity index (χ0) is 12.6. The number of fused-ring (bicyclic) bond motifs is 1. The Balaban J connectivity index is 2.66. The predicted molar refractivity (Wildman–Crippen MR) is 64.8 cm³/mol. The third-order valence-corrected chi connectivity index (χ3v) is 2.83. The molecule has 0 unspecified atom stereocenters. The van der Waals surface area contributed by atoms with Crippen LogP contribution < -0.4 is 0 Å². The van der Waals surface area contributed by atoms with Gasteiger partial charge in [0.1, 0.15) is 5.65 Å². The fraction of sp³-hybridized carbons (Fsp3) is 0.182. The first-order valence-corrected chi connectivity index (χ1v) is 5.57. The Labute approximate surface area is 106 Å². The lowest BCUT2D eigenvalue weighted by atomic mass is 10.1. The van der Waals surface area contributed by atoms with Crippen LogP contribution in [0.5, 0.6) is 0 Å². The number of ketones is 1. The van der Waals surface area contributed by atoms with E-state index in [0.717, 1.165) is 4.47 Å². The van der Waals surface area contributed by atoms with Gasteiger partial charge in [-0.05, 0) is 22.0 Å². The molecule has 0 radical (unpaired) electrons. The van der Waals surface area contributed by atoms with E-state index in [9.17, 15) is 9.59 Å². The van der Waals surface area contributed by atoms with Crippen molar-refractivity contribution >= 4 is 38.7 Å². The Bertz CT molecular complexity index is 618. The van der Waals surface area contributed by atoms with E-state index in [4.69, 9.17) is 0 Å². The highest BCUT2D eigenvalue weighted by atomic mass is 79.9. The van der Waals surface area contributed by atoms with Crippen LogP contribution in [-0.4, -0.2) is 28.4 Å². The Hall–Kier alpha value is -1.69. The fourth-order valence-corrected chi connectivity index (χ4v) is 1.95. The summed E-state index contributed by atoms with van der Waals surface area (Å²) in [5.41, 5.74) is 0.934. The molecule has 2 aromatic rings. The molecule has 2 rings (SSSR count). The first-order valence-electron chi connectivity index (χ1n) is 4.78. The predicted octanol–water partition coefficient (Wildman–Crippen LogP) is 1.69. The minimum atomic E-state index is -0.877. The van der Waals surface area contributed by atoms with Gasteiger partial charge in [-0.2, -0.15) is 0 Å². The van der Waals surface area contributed by atoms with Crippen LogP contribution in [0, 0.1) is 0 Å². The van der Waals surface area contributed by atoms with Crippen LogP contribution in [0.25, 0.3) is 11.0 Å². The molecule has 17 heavy (non-hydrogen) atoms. The second-order valence-electron chi connectivity index (χ2n) is 3.50. The summed E-state index contributed by atoms with van der Waals surface area (Å²) in [7, 11) is 2.94. The van der Waals surface area contributed by atoms with Crippen molar-refractivity contribution in [3.8, 4) is 0 Å². The molecule has 0 atom stereocenters. The monoisotopic (exact) mass is 296 g/mol. The number of hydrogen-bond donors (Lipinski definition) is 0. The van der Waals surface area contributed by atoms with Crippen molar-refractivity contribution in [3.63, 3.8) is 0 Å². The van der Waals surface area contributed by atoms with Crippen LogP contribution in [0.15, 0.2) is 22.9 Å². The van der Waals surface area contributed by atoms with E-state index < -0.39 is 11.8 Å². The molecule has 0 aromatic carbocycles. The van der Waals surface area contributed by atoms with E-state index in [0.29, 0.717) is 16.6 Å². The molecule has 0 amide bonds. The van der Waals surface area contributed by atoms with Crippen molar-refractivity contribution in [1.82, 2.24) is 9.55 Å². The van der Waals surface area contributed by atoms with Crippen molar-refractivity contribution in [2.24, 2.45) is 7.05 Å². The molecule has 0 aliphatic rings. The first-order chi connectivity index (χ1) is 8.04. The van der Waals surface area contributed by atoms with Crippen molar-refractivity contribution in [2.45, 2.75) is 0 Å². The lowest BCUT2D eigenvalue weighted by molar-refractivity contribution is -0.135. The van der Waals surface area contributed by atoms with Gasteiger partial charge in [-0.1, -0.05) is 0 Å². The number of nitrogens with zero attached hydrogens (tertiary/aromatic N) is 2. The van der Waals surface area contributed by atoms with Gasteiger partial charge in [0.15, 0.2) is 0 Å². The lowest BCUT2D eigenvalue weighted by Gasteiger charge is -1.97. The van der Waals surface area contributed by atoms with Gasteiger partial charge in [0.25, 0.3) is 5.78 Å². The number of esters is 1. The van der Waals surface area contributed by atoms with Gasteiger partial charge in [-0.15, -0.1) is 0 Å². The average molecular weight is 297 g/mol. The summed E-state index contributed by atoms with van der Waals surface area (Å²) in [5.74, 6) is -1.55. The number of Topliss-reactive ketones (excluding diaryl/α,β-unsaturated/α-hetero) is 1. The number of carbonyl (C=O) groups is 2. The third-order valence-electron chi connectivity index (χ3n) is 2.40. The number of pyridine rings is 1. The van der Waals surface area contributed by atoms with Gasteiger partial charge in [0, 0.05) is 29.3 Å². The number of methoxy groups -OCH3 is 1. The van der Waals surface area contributed by atoms with Crippen molar-refractivity contribution in [2.75, 3.05) is 7.11 Å². The molecule has 0 saturated carbocycles. The lowest BCUT2D eigenvalue weighted by Crippen LogP contribution is -2.15. The van der Waals surface area contributed by atoms with E-state index >= 15 is 0 Å². The number of rotatable bonds is 2. The quantitative estimate of drug-likeness (QED) is 0.481. The van der Waals surface area contributed by atoms with Crippen molar-refractivity contribution in [1.29, 1.82) is 0 Å². The summed E-state index contributed by atoms with van der Waals surface area (Å²) in [5, 5.41) is 0.622. The Kier molecular flexibility index (Phi) is 2.97. The second kappa shape index (κ2) is 4.29. The molecule has 2 aromatic heterocycles. The van der Waals surface area contributed by atoms with Crippen molar-refractivity contribution < 1.29 is 14.3 Å². The van der Waals surface area contributed by atoms with Crippen LogP contribution in [0.3, 0.4) is 0 Å². The van der Waals surface area contributed by atoms with Crippen molar-refractivity contribution in [3.05, 3.63) is 28.5 Å². The zero-order valence-electron chi connectivity index (χ0n) is 9.23. The van der Waals surface area contributed by atoms with Gasteiger partial charge in [-0.25, -0.2) is 9.78 Å². The molecule has 5 nitrogen and oxygen atoms in total. The fourth-order valence-electron chi connectivity index (χ4n) is 1.62. The maximum absolute atomic E-state index is 11.8. The average Bonchev–Trinajstić information content (AvgIpc) is 2.64. The zero-order valence-corrected chi connectivity index (χ0v) is 10.8. The van der Waals surface area contributed by atoms with Gasteiger partial charge in [0.05, 0.1) is 12.7 Å². The molecule has 88 valence electrons. The molecular formula is C11H9BrN2O3. The summed E-state index contributed by atoms with van der Waals surface area (Å²) in [6.45, 7) is 0. The van der Waals surface area contributed by atoms with E-state index in [1.54, 1.807) is 30.1 Å². The second-order valence-corrected chi connectivity index (χ2v) is 4.41. The highest BCUT2D eigenvalue weighted by Crippen LogP contribution is 2.23. The Morgan fingerprint density at radius 1 is 1.47 bits per heavy atom. The minimum absolute atomic E-state index is 0.295. The first kappa shape index (κ1) is 11.8. The highest BCUT2D eigenvalue weighted by Gasteiger charge is 2.22. The number of hydrogen-bond acceptors (Lipinski definition) is 4. The summed E-state index contributed by atoms with van der Waals surface area (Å²) in [6, 6.07) is 1.75. The van der Waals surface area contributed by atoms with E-state index in [-0.39, 0.29) is 0 Å². The molecular weight excluding hydrogens is 288 g/mol. The van der Waals surface area contributed by atoms with Crippen LogP contribution in [0.2, 0.25) is 0 Å². The number of aromatic nitrogens is 2.